The lowest BCUT2D eigenvalue weighted by molar-refractivity contribution is 0.107. The summed E-state index contributed by atoms with van der Waals surface area (Å²) in [6.07, 6.45) is 7.37. The van der Waals surface area contributed by atoms with Gasteiger partial charge in [0.2, 0.25) is 11.8 Å². The van der Waals surface area contributed by atoms with E-state index in [1.807, 2.05) is 28.9 Å². The molecule has 1 aliphatic carbocycles. The summed E-state index contributed by atoms with van der Waals surface area (Å²) in [6, 6.07) is 10.5. The van der Waals surface area contributed by atoms with Crippen LogP contribution in [0.3, 0.4) is 0 Å². The van der Waals surface area contributed by atoms with Crippen molar-refractivity contribution in [3.05, 3.63) is 64.9 Å². The van der Waals surface area contributed by atoms with Crippen LogP contribution in [0, 0.1) is 11.3 Å². The predicted octanol–water partition coefficient (Wildman–Crippen LogP) is 2.87. The molecule has 2 aliphatic heterocycles. The van der Waals surface area contributed by atoms with Gasteiger partial charge in [0.25, 0.3) is 0 Å². The van der Waals surface area contributed by atoms with Crippen molar-refractivity contribution in [2.24, 2.45) is 5.73 Å². The molecule has 0 spiro atoms. The zero-order valence-corrected chi connectivity index (χ0v) is 16.8. The van der Waals surface area contributed by atoms with Crippen molar-refractivity contribution in [2.75, 3.05) is 6.61 Å². The normalized spacial score (nSPS) is 22.8. The zero-order valence-electron chi connectivity index (χ0n) is 16.8. The van der Waals surface area contributed by atoms with Crippen LogP contribution in [0.15, 0.2) is 48.1 Å². The van der Waals surface area contributed by atoms with Gasteiger partial charge in [-0.2, -0.15) is 10.4 Å². The van der Waals surface area contributed by atoms with E-state index in [0.717, 1.165) is 54.8 Å². The van der Waals surface area contributed by atoms with Crippen LogP contribution in [0.5, 0.6) is 5.88 Å². The summed E-state index contributed by atoms with van der Waals surface area (Å²) in [5.41, 5.74) is 10.2. The molecule has 9 nitrogen and oxygen atoms in total. The molecule has 1 aromatic carbocycles. The molecule has 1 saturated carbocycles. The first-order chi connectivity index (χ1) is 15.2. The van der Waals surface area contributed by atoms with Gasteiger partial charge in [-0.25, -0.2) is 9.36 Å². The largest absolute Gasteiger partial charge is 0.422 e. The van der Waals surface area contributed by atoms with E-state index >= 15 is 0 Å². The smallest absolute Gasteiger partial charge is 0.224 e. The number of ether oxygens (including phenoxy) is 2. The molecule has 31 heavy (non-hydrogen) atoms. The van der Waals surface area contributed by atoms with Crippen LogP contribution in [0.1, 0.15) is 60.6 Å². The molecule has 3 aliphatic rings. The molecule has 3 aromatic rings. The Morgan fingerprint density at radius 3 is 2.65 bits per heavy atom. The van der Waals surface area contributed by atoms with E-state index in [0.29, 0.717) is 17.5 Å². The van der Waals surface area contributed by atoms with Gasteiger partial charge in [0.1, 0.15) is 17.7 Å². The highest BCUT2D eigenvalue weighted by Crippen LogP contribution is 2.50. The SMILES string of the molecule is N#CC1=C(N)Oc2c(c(C3CCCO3)nn2C2CC2)C1c1ccc(-n2ccnn2)cc1. The molecule has 2 unspecified atom stereocenters. The van der Waals surface area contributed by atoms with E-state index in [2.05, 4.69) is 16.4 Å². The Bertz CT molecular complexity index is 1190. The number of benzene rings is 1. The second-order valence-corrected chi connectivity index (χ2v) is 8.15. The third kappa shape index (κ3) is 2.91. The van der Waals surface area contributed by atoms with Crippen LogP contribution in [-0.4, -0.2) is 31.4 Å². The average Bonchev–Trinajstić information content (AvgIpc) is 3.20. The van der Waals surface area contributed by atoms with Gasteiger partial charge in [0, 0.05) is 6.61 Å². The van der Waals surface area contributed by atoms with Gasteiger partial charge >= 0.3 is 0 Å². The Morgan fingerprint density at radius 1 is 1.16 bits per heavy atom. The number of fused-ring (bicyclic) bond motifs is 1. The van der Waals surface area contributed by atoms with Crippen LogP contribution in [-0.2, 0) is 4.74 Å². The molecular formula is C22H21N7O2. The zero-order chi connectivity index (χ0) is 20.9. The van der Waals surface area contributed by atoms with Crippen LogP contribution in [0.25, 0.3) is 5.69 Å². The third-order valence-corrected chi connectivity index (χ3v) is 6.14. The van der Waals surface area contributed by atoms with E-state index in [1.54, 1.807) is 17.1 Å². The van der Waals surface area contributed by atoms with E-state index < -0.39 is 0 Å². The Labute approximate surface area is 178 Å². The van der Waals surface area contributed by atoms with Gasteiger partial charge in [-0.15, -0.1) is 5.10 Å². The van der Waals surface area contributed by atoms with Crippen molar-refractivity contribution in [2.45, 2.75) is 43.7 Å². The number of rotatable bonds is 4. The average molecular weight is 415 g/mol. The van der Waals surface area contributed by atoms with Crippen molar-refractivity contribution in [3.63, 3.8) is 0 Å². The molecule has 0 bridgehead atoms. The first kappa shape index (κ1) is 18.2. The Morgan fingerprint density at radius 2 is 2.00 bits per heavy atom. The summed E-state index contributed by atoms with van der Waals surface area (Å²) >= 11 is 0. The lowest BCUT2D eigenvalue weighted by Gasteiger charge is -2.26. The Balaban J connectivity index is 1.50. The number of nitrogens with zero attached hydrogens (tertiary/aromatic N) is 6. The quantitative estimate of drug-likeness (QED) is 0.696. The second kappa shape index (κ2) is 6.96. The minimum Gasteiger partial charge on any atom is -0.422 e. The summed E-state index contributed by atoms with van der Waals surface area (Å²) in [6.45, 7) is 0.719. The van der Waals surface area contributed by atoms with Gasteiger partial charge < -0.3 is 15.2 Å². The van der Waals surface area contributed by atoms with Crippen LogP contribution in [0.4, 0.5) is 0 Å². The molecule has 2 atom stereocenters. The fourth-order valence-electron chi connectivity index (χ4n) is 4.48. The molecule has 2 N–H and O–H groups in total. The van der Waals surface area contributed by atoms with Gasteiger partial charge in [-0.05, 0) is 43.4 Å². The molecule has 0 amide bonds. The predicted molar refractivity (Wildman–Crippen MR) is 109 cm³/mol. The maximum Gasteiger partial charge on any atom is 0.224 e. The highest BCUT2D eigenvalue weighted by atomic mass is 16.5. The number of hydrogen-bond acceptors (Lipinski definition) is 7. The van der Waals surface area contributed by atoms with E-state index in [9.17, 15) is 5.26 Å². The van der Waals surface area contributed by atoms with Crippen LogP contribution >= 0.6 is 0 Å². The molecule has 0 radical (unpaired) electrons. The minimum absolute atomic E-state index is 0.0893. The van der Waals surface area contributed by atoms with Gasteiger partial charge in [-0.3, -0.25) is 0 Å². The molecule has 2 aromatic heterocycles. The lowest BCUT2D eigenvalue weighted by atomic mass is 9.83. The summed E-state index contributed by atoms with van der Waals surface area (Å²) in [4.78, 5) is 0. The molecule has 4 heterocycles. The maximum absolute atomic E-state index is 9.96. The van der Waals surface area contributed by atoms with Crippen LogP contribution in [0.2, 0.25) is 0 Å². The summed E-state index contributed by atoms with van der Waals surface area (Å²) in [7, 11) is 0. The number of nitriles is 1. The topological polar surface area (TPSA) is 117 Å². The Kier molecular flexibility index (Phi) is 4.07. The van der Waals surface area contributed by atoms with Crippen molar-refractivity contribution >= 4 is 0 Å². The molecule has 156 valence electrons. The fraction of sp³-hybridized carbons (Fsp3) is 0.364. The summed E-state index contributed by atoms with van der Waals surface area (Å²) in [5, 5.41) is 22.8. The molecular weight excluding hydrogens is 394 g/mol. The van der Waals surface area contributed by atoms with Crippen molar-refractivity contribution in [1.82, 2.24) is 24.8 Å². The fourth-order valence-corrected chi connectivity index (χ4v) is 4.48. The van der Waals surface area contributed by atoms with E-state index in [4.69, 9.17) is 20.3 Å². The van der Waals surface area contributed by atoms with Gasteiger partial charge in [0.05, 0.1) is 41.3 Å². The third-order valence-electron chi connectivity index (χ3n) is 6.14. The lowest BCUT2D eigenvalue weighted by Crippen LogP contribution is -2.22. The molecule has 9 heteroatoms. The number of nitrogens with two attached hydrogens (primary N) is 1. The van der Waals surface area contributed by atoms with Gasteiger partial charge in [0.15, 0.2) is 0 Å². The van der Waals surface area contributed by atoms with Crippen molar-refractivity contribution in [3.8, 4) is 17.6 Å². The highest BCUT2D eigenvalue weighted by Gasteiger charge is 2.42. The van der Waals surface area contributed by atoms with E-state index in [-0.39, 0.29) is 17.9 Å². The molecule has 2 fully saturated rings. The maximum atomic E-state index is 9.96. The monoisotopic (exact) mass is 415 g/mol. The molecule has 6 rings (SSSR count). The van der Waals surface area contributed by atoms with Crippen molar-refractivity contribution in [1.29, 1.82) is 5.26 Å². The highest BCUT2D eigenvalue weighted by molar-refractivity contribution is 5.57. The first-order valence-corrected chi connectivity index (χ1v) is 10.5. The van der Waals surface area contributed by atoms with Crippen LogP contribution < -0.4 is 10.5 Å². The van der Waals surface area contributed by atoms with Crippen molar-refractivity contribution < 1.29 is 9.47 Å². The Hall–Kier alpha value is -3.64. The number of aromatic nitrogens is 5. The molecule has 1 saturated heterocycles. The number of hydrogen-bond donors (Lipinski definition) is 1. The van der Waals surface area contributed by atoms with Gasteiger partial charge in [-0.1, -0.05) is 17.3 Å². The standard InChI is InChI=1S/C22H21N7O2/c23-12-16-18(13-3-5-14(6-4-13)28-10-9-25-27-28)19-20(17-2-1-11-30-17)26-29(15-7-8-15)22(19)31-21(16)24/h3-6,9-10,15,17-18H,1-2,7-8,11,24H2. The second-order valence-electron chi connectivity index (χ2n) is 8.15. The summed E-state index contributed by atoms with van der Waals surface area (Å²) < 4.78 is 15.6. The minimum atomic E-state index is -0.356. The number of allylic oxidation sites excluding steroid dienone is 1. The summed E-state index contributed by atoms with van der Waals surface area (Å²) in [5.74, 6) is 0.432. The first-order valence-electron chi connectivity index (χ1n) is 10.5. The van der Waals surface area contributed by atoms with E-state index in [1.165, 1.54) is 0 Å².